The van der Waals surface area contributed by atoms with Gasteiger partial charge in [0.25, 0.3) is 0 Å². The van der Waals surface area contributed by atoms with Gasteiger partial charge in [0.1, 0.15) is 0 Å². The van der Waals surface area contributed by atoms with Crippen LogP contribution >= 0.6 is 0 Å². The zero-order valence-electron chi connectivity index (χ0n) is 14.8. The molecule has 0 saturated carbocycles. The lowest BCUT2D eigenvalue weighted by molar-refractivity contribution is -0.121. The number of aliphatic hydroxyl groups excluding tert-OH is 2. The summed E-state index contributed by atoms with van der Waals surface area (Å²) in [4.78, 5) is 14.4. The first-order chi connectivity index (χ1) is 10.7. The Balaban J connectivity index is 2.78. The first kappa shape index (κ1) is 19.6. The van der Waals surface area contributed by atoms with Gasteiger partial charge in [0.2, 0.25) is 5.91 Å². The van der Waals surface area contributed by atoms with Crippen molar-refractivity contribution in [2.75, 3.05) is 32.1 Å². The maximum atomic E-state index is 12.5. The maximum Gasteiger partial charge on any atom is 0.241 e. The van der Waals surface area contributed by atoms with Crippen LogP contribution in [0.4, 0.5) is 5.69 Å². The highest BCUT2D eigenvalue weighted by Gasteiger charge is 2.28. The molecule has 0 aromatic heterocycles. The lowest BCUT2D eigenvalue weighted by Gasteiger charge is -2.33. The molecule has 23 heavy (non-hydrogen) atoms. The lowest BCUT2D eigenvalue weighted by atomic mass is 9.92. The second-order valence-electron chi connectivity index (χ2n) is 6.95. The number of benzene rings is 1. The minimum atomic E-state index is -0.626. The zero-order valence-corrected chi connectivity index (χ0v) is 14.8. The van der Waals surface area contributed by atoms with Crippen LogP contribution in [0.1, 0.15) is 39.2 Å². The second kappa shape index (κ2) is 8.43. The van der Waals surface area contributed by atoms with Crippen LogP contribution in [-0.2, 0) is 4.79 Å². The van der Waals surface area contributed by atoms with E-state index in [1.165, 1.54) is 0 Å². The number of aliphatic hydroxyl groups is 2. The number of nitrogens with zero attached hydrogens (tertiary/aromatic N) is 1. The van der Waals surface area contributed by atoms with Crippen LogP contribution in [0.3, 0.4) is 0 Å². The summed E-state index contributed by atoms with van der Waals surface area (Å²) >= 11 is 0. The van der Waals surface area contributed by atoms with E-state index in [-0.39, 0.29) is 25.2 Å². The second-order valence-corrected chi connectivity index (χ2v) is 6.95. The number of nitrogens with one attached hydrogen (secondary N) is 1. The molecule has 3 N–H and O–H groups in total. The molecule has 5 heteroatoms. The van der Waals surface area contributed by atoms with Crippen molar-refractivity contribution >= 4 is 11.6 Å². The van der Waals surface area contributed by atoms with E-state index in [0.29, 0.717) is 12.5 Å². The average Bonchev–Trinajstić information content (AvgIpc) is 2.54. The number of carbonyl (C=O) groups excluding carboxylic acids is 1. The normalized spacial score (nSPS) is 13.4. The molecule has 5 nitrogen and oxygen atoms in total. The topological polar surface area (TPSA) is 72.8 Å². The zero-order chi connectivity index (χ0) is 17.6. The maximum absolute atomic E-state index is 12.5. The summed E-state index contributed by atoms with van der Waals surface area (Å²) in [5.74, 6) is 0.227. The van der Waals surface area contributed by atoms with Gasteiger partial charge in [-0.25, -0.2) is 0 Å². The number of amides is 1. The van der Waals surface area contributed by atoms with Gasteiger partial charge in [-0.2, -0.15) is 0 Å². The Kier molecular flexibility index (Phi) is 7.19. The third-order valence-electron chi connectivity index (χ3n) is 4.28. The highest BCUT2D eigenvalue weighted by Crippen LogP contribution is 2.24. The van der Waals surface area contributed by atoms with E-state index in [1.54, 1.807) is 6.92 Å². The van der Waals surface area contributed by atoms with E-state index in [2.05, 4.69) is 19.2 Å². The van der Waals surface area contributed by atoms with Gasteiger partial charge in [0.05, 0.1) is 19.3 Å². The van der Waals surface area contributed by atoms with Gasteiger partial charge >= 0.3 is 0 Å². The number of likely N-dealkylation sites (N-methyl/N-ethyl adjacent to an activating group) is 1. The molecule has 130 valence electrons. The van der Waals surface area contributed by atoms with Crippen LogP contribution in [-0.4, -0.2) is 53.9 Å². The number of anilines is 1. The van der Waals surface area contributed by atoms with Crippen LogP contribution < -0.4 is 5.32 Å². The van der Waals surface area contributed by atoms with Crippen molar-refractivity contribution < 1.29 is 15.0 Å². The fourth-order valence-corrected chi connectivity index (χ4v) is 2.44. The molecule has 1 aromatic rings. The summed E-state index contributed by atoms with van der Waals surface area (Å²) < 4.78 is 0. The first-order valence-corrected chi connectivity index (χ1v) is 8.06. The molecular formula is C18H30N2O3. The highest BCUT2D eigenvalue weighted by atomic mass is 16.3. The van der Waals surface area contributed by atoms with Gasteiger partial charge in [0, 0.05) is 17.6 Å². The summed E-state index contributed by atoms with van der Waals surface area (Å²) in [6.45, 7) is 7.98. The number of para-hydroxylation sites is 1. The molecule has 0 bridgehead atoms. The Bertz CT molecular complexity index is 513. The summed E-state index contributed by atoms with van der Waals surface area (Å²) in [5, 5.41) is 21.8. The summed E-state index contributed by atoms with van der Waals surface area (Å²) in [7, 11) is 1.82. The SMILES string of the molecule is CC(C)c1ccccc1NC(=O)C(C)N(C)CC(C)(CO)CO. The fraction of sp³-hybridized carbons (Fsp3) is 0.611. The molecular weight excluding hydrogens is 292 g/mol. The first-order valence-electron chi connectivity index (χ1n) is 8.06. The molecule has 0 radical (unpaired) electrons. The van der Waals surface area contributed by atoms with E-state index >= 15 is 0 Å². The van der Waals surface area contributed by atoms with Crippen LogP contribution in [0.25, 0.3) is 0 Å². The van der Waals surface area contributed by atoms with Gasteiger partial charge < -0.3 is 15.5 Å². The number of carbonyl (C=O) groups is 1. The summed E-state index contributed by atoms with van der Waals surface area (Å²) in [6, 6.07) is 7.43. The smallest absolute Gasteiger partial charge is 0.241 e. The van der Waals surface area contributed by atoms with E-state index < -0.39 is 5.41 Å². The molecule has 1 atom stereocenters. The molecule has 1 unspecified atom stereocenters. The molecule has 0 aliphatic heterocycles. The van der Waals surface area contributed by atoms with Gasteiger partial charge in [-0.1, -0.05) is 39.0 Å². The third-order valence-corrected chi connectivity index (χ3v) is 4.28. The van der Waals surface area contributed by atoms with Crippen LogP contribution in [0.5, 0.6) is 0 Å². The molecule has 0 heterocycles. The Morgan fingerprint density at radius 2 is 1.78 bits per heavy atom. The van der Waals surface area contributed by atoms with E-state index in [1.807, 2.05) is 43.1 Å². The number of hydrogen-bond acceptors (Lipinski definition) is 4. The molecule has 0 spiro atoms. The molecule has 1 rings (SSSR count). The largest absolute Gasteiger partial charge is 0.396 e. The predicted octanol–water partition coefficient (Wildman–Crippen LogP) is 2.06. The molecule has 1 amide bonds. The number of rotatable bonds is 8. The number of hydrogen-bond donors (Lipinski definition) is 3. The Labute approximate surface area is 139 Å². The molecule has 0 saturated heterocycles. The van der Waals surface area contributed by atoms with Crippen molar-refractivity contribution in [3.63, 3.8) is 0 Å². The molecule has 1 aromatic carbocycles. The Morgan fingerprint density at radius 1 is 1.22 bits per heavy atom. The van der Waals surface area contributed by atoms with Crippen molar-refractivity contribution in [1.29, 1.82) is 0 Å². The summed E-state index contributed by atoms with van der Waals surface area (Å²) in [5.41, 5.74) is 1.31. The fourth-order valence-electron chi connectivity index (χ4n) is 2.44. The molecule has 0 aliphatic carbocycles. The van der Waals surface area contributed by atoms with Gasteiger partial charge in [-0.3, -0.25) is 9.69 Å². The van der Waals surface area contributed by atoms with Crippen molar-refractivity contribution in [1.82, 2.24) is 4.90 Å². The molecule has 0 aliphatic rings. The average molecular weight is 322 g/mol. The summed E-state index contributed by atoms with van der Waals surface area (Å²) in [6.07, 6.45) is 0. The minimum absolute atomic E-state index is 0.0983. The van der Waals surface area contributed by atoms with Gasteiger partial charge in [-0.15, -0.1) is 0 Å². The highest BCUT2D eigenvalue weighted by molar-refractivity contribution is 5.95. The van der Waals surface area contributed by atoms with E-state index in [4.69, 9.17) is 0 Å². The van der Waals surface area contributed by atoms with Crippen molar-refractivity contribution in [2.45, 2.75) is 39.7 Å². The van der Waals surface area contributed by atoms with Crippen LogP contribution in [0, 0.1) is 5.41 Å². The minimum Gasteiger partial charge on any atom is -0.396 e. The molecule has 0 fully saturated rings. The van der Waals surface area contributed by atoms with Crippen LogP contribution in [0.15, 0.2) is 24.3 Å². The monoisotopic (exact) mass is 322 g/mol. The quantitative estimate of drug-likeness (QED) is 0.685. The third kappa shape index (κ3) is 5.30. The Morgan fingerprint density at radius 3 is 2.30 bits per heavy atom. The predicted molar refractivity (Wildman–Crippen MR) is 93.5 cm³/mol. The lowest BCUT2D eigenvalue weighted by Crippen LogP contribution is -2.47. The van der Waals surface area contributed by atoms with E-state index in [9.17, 15) is 15.0 Å². The van der Waals surface area contributed by atoms with Gasteiger partial charge in [-0.05, 0) is 31.5 Å². The van der Waals surface area contributed by atoms with E-state index in [0.717, 1.165) is 11.3 Å². The van der Waals surface area contributed by atoms with Gasteiger partial charge in [0.15, 0.2) is 0 Å². The van der Waals surface area contributed by atoms with Crippen molar-refractivity contribution in [3.8, 4) is 0 Å². The standard InChI is InChI=1S/C18H30N2O3/c1-13(2)15-8-6-7-9-16(15)19-17(23)14(3)20(5)10-18(4,11-21)12-22/h6-9,13-14,21-22H,10-12H2,1-5H3,(H,19,23). The van der Waals surface area contributed by atoms with Crippen molar-refractivity contribution in [3.05, 3.63) is 29.8 Å². The Hall–Kier alpha value is -1.43. The van der Waals surface area contributed by atoms with Crippen LogP contribution in [0.2, 0.25) is 0 Å². The van der Waals surface area contributed by atoms with Crippen molar-refractivity contribution in [2.24, 2.45) is 5.41 Å².